The number of ether oxygens (including phenoxy) is 2. The van der Waals surface area contributed by atoms with Crippen LogP contribution in [0, 0.1) is 12.8 Å². The lowest BCUT2D eigenvalue weighted by molar-refractivity contribution is -0.140. The largest absolute Gasteiger partial charge is 0.507 e. The maximum Gasteiger partial charge on any atom is 0.295 e. The van der Waals surface area contributed by atoms with Crippen LogP contribution >= 0.6 is 15.9 Å². The Labute approximate surface area is 203 Å². The first-order chi connectivity index (χ1) is 15.7. The van der Waals surface area contributed by atoms with Crippen LogP contribution in [0.15, 0.2) is 52.5 Å². The Hall–Kier alpha value is -2.64. The first-order valence-corrected chi connectivity index (χ1v) is 11.8. The average Bonchev–Trinajstić information content (AvgIpc) is 3.03. The van der Waals surface area contributed by atoms with E-state index < -0.39 is 17.7 Å². The minimum absolute atomic E-state index is 0.0960. The minimum atomic E-state index is -0.683. The first-order valence-electron chi connectivity index (χ1n) is 11.0. The molecule has 176 valence electrons. The zero-order chi connectivity index (χ0) is 24.1. The second-order valence-electron chi connectivity index (χ2n) is 8.57. The normalized spacial score (nSPS) is 17.8. The van der Waals surface area contributed by atoms with Gasteiger partial charge in [-0.05, 0) is 60.7 Å². The van der Waals surface area contributed by atoms with Crippen LogP contribution in [0.1, 0.15) is 43.0 Å². The van der Waals surface area contributed by atoms with Crippen molar-refractivity contribution < 1.29 is 24.2 Å². The predicted molar refractivity (Wildman–Crippen MR) is 131 cm³/mol. The number of aliphatic hydroxyl groups is 1. The van der Waals surface area contributed by atoms with Gasteiger partial charge in [0.15, 0.2) is 0 Å². The highest BCUT2D eigenvalue weighted by molar-refractivity contribution is 9.10. The minimum Gasteiger partial charge on any atom is -0.507 e. The van der Waals surface area contributed by atoms with E-state index in [4.69, 9.17) is 9.47 Å². The highest BCUT2D eigenvalue weighted by atomic mass is 79.9. The molecule has 1 N–H and O–H groups in total. The Morgan fingerprint density at radius 1 is 1.15 bits per heavy atom. The van der Waals surface area contributed by atoms with Crippen molar-refractivity contribution in [1.82, 2.24) is 4.90 Å². The van der Waals surface area contributed by atoms with E-state index >= 15 is 0 Å². The molecule has 1 heterocycles. The van der Waals surface area contributed by atoms with Crippen molar-refractivity contribution in [2.45, 2.75) is 33.2 Å². The zero-order valence-electron chi connectivity index (χ0n) is 19.4. The number of likely N-dealkylation sites (tertiary alicyclic amines) is 1. The fraction of sp³-hybridized carbons (Fsp3) is 0.385. The van der Waals surface area contributed by atoms with Gasteiger partial charge in [0.05, 0.1) is 18.2 Å². The first kappa shape index (κ1) is 25.0. The monoisotopic (exact) mass is 515 g/mol. The van der Waals surface area contributed by atoms with Gasteiger partial charge in [0.1, 0.15) is 11.5 Å². The van der Waals surface area contributed by atoms with Gasteiger partial charge in [0, 0.05) is 30.3 Å². The molecular formula is C26H30BrNO5. The molecule has 7 heteroatoms. The van der Waals surface area contributed by atoms with E-state index in [0.717, 1.165) is 15.6 Å². The molecule has 1 aliphatic rings. The molecule has 33 heavy (non-hydrogen) atoms. The zero-order valence-corrected chi connectivity index (χ0v) is 21.0. The summed E-state index contributed by atoms with van der Waals surface area (Å²) in [5, 5.41) is 11.3. The molecule has 0 aromatic heterocycles. The van der Waals surface area contributed by atoms with Crippen molar-refractivity contribution in [1.29, 1.82) is 0 Å². The van der Waals surface area contributed by atoms with Crippen LogP contribution in [-0.4, -0.2) is 48.6 Å². The van der Waals surface area contributed by atoms with Gasteiger partial charge in [-0.25, -0.2) is 0 Å². The van der Waals surface area contributed by atoms with Crippen LogP contribution in [0.3, 0.4) is 0 Å². The number of amides is 1. The van der Waals surface area contributed by atoms with Gasteiger partial charge in [0.25, 0.3) is 11.7 Å². The van der Waals surface area contributed by atoms with E-state index in [-0.39, 0.29) is 11.3 Å². The molecule has 0 radical (unpaired) electrons. The summed E-state index contributed by atoms with van der Waals surface area (Å²) in [5.74, 6) is -0.392. The van der Waals surface area contributed by atoms with Crippen LogP contribution < -0.4 is 4.74 Å². The number of ketones is 1. The number of rotatable bonds is 9. The Morgan fingerprint density at radius 3 is 2.45 bits per heavy atom. The van der Waals surface area contributed by atoms with E-state index in [9.17, 15) is 14.7 Å². The van der Waals surface area contributed by atoms with Crippen LogP contribution in [0.4, 0.5) is 0 Å². The van der Waals surface area contributed by atoms with Crippen molar-refractivity contribution in [2.24, 2.45) is 5.92 Å². The molecule has 0 saturated carbocycles. The van der Waals surface area contributed by atoms with Crippen molar-refractivity contribution in [3.05, 3.63) is 69.2 Å². The molecular weight excluding hydrogens is 486 g/mol. The van der Waals surface area contributed by atoms with E-state index in [2.05, 4.69) is 29.8 Å². The molecule has 0 aliphatic carbocycles. The van der Waals surface area contributed by atoms with Crippen LogP contribution in [-0.2, 0) is 14.3 Å². The molecule has 2 aromatic carbocycles. The predicted octanol–water partition coefficient (Wildman–Crippen LogP) is 5.25. The highest BCUT2D eigenvalue weighted by Gasteiger charge is 2.45. The number of Topliss-reactive ketones (excluding diaryl/α,β-unsaturated/α-hetero) is 1. The second-order valence-corrected chi connectivity index (χ2v) is 9.49. The summed E-state index contributed by atoms with van der Waals surface area (Å²) < 4.78 is 11.8. The summed E-state index contributed by atoms with van der Waals surface area (Å²) in [5.41, 5.74) is 2.11. The summed E-state index contributed by atoms with van der Waals surface area (Å²) in [6, 6.07) is 12.1. The third-order valence-electron chi connectivity index (χ3n) is 5.51. The van der Waals surface area contributed by atoms with Crippen LogP contribution in [0.25, 0.3) is 5.76 Å². The number of carbonyl (C=O) groups is 2. The Kier molecular flexibility index (Phi) is 8.32. The SMILES string of the molecule is COCCCN1C(=O)C(=O)C(=C(O)c2ccc(OCC(C)C)cc2C)[C@@H]1c1ccc(Br)cc1. The molecule has 2 aromatic rings. The van der Waals surface area contributed by atoms with Crippen LogP contribution in [0.2, 0.25) is 0 Å². The smallest absolute Gasteiger partial charge is 0.295 e. The molecule has 0 unspecified atom stereocenters. The lowest BCUT2D eigenvalue weighted by Gasteiger charge is -2.25. The molecule has 1 saturated heterocycles. The number of benzene rings is 2. The summed E-state index contributed by atoms with van der Waals surface area (Å²) in [6.07, 6.45) is 0.581. The van der Waals surface area contributed by atoms with Crippen LogP contribution in [0.5, 0.6) is 5.75 Å². The molecule has 1 fully saturated rings. The molecule has 1 aliphatic heterocycles. The molecule has 0 spiro atoms. The van der Waals surface area contributed by atoms with Gasteiger partial charge < -0.3 is 19.5 Å². The summed E-state index contributed by atoms with van der Waals surface area (Å²) >= 11 is 3.43. The van der Waals surface area contributed by atoms with Gasteiger partial charge in [-0.1, -0.05) is 41.9 Å². The van der Waals surface area contributed by atoms with Crippen molar-refractivity contribution >= 4 is 33.4 Å². The number of carbonyl (C=O) groups excluding carboxylic acids is 2. The Balaban J connectivity index is 2.05. The lowest BCUT2D eigenvalue weighted by atomic mass is 9.94. The van der Waals surface area contributed by atoms with Gasteiger partial charge >= 0.3 is 0 Å². The standard InChI is InChI=1S/C26H30BrNO5/c1-16(2)15-33-20-10-11-21(17(3)14-20)24(29)22-23(18-6-8-19(27)9-7-18)28(12-5-13-32-4)26(31)25(22)30/h6-11,14,16,23,29H,5,12-13,15H2,1-4H3/t23-/m0/s1. The van der Waals surface area contributed by atoms with Gasteiger partial charge in [-0.2, -0.15) is 0 Å². The molecule has 0 bridgehead atoms. The van der Waals surface area contributed by atoms with Gasteiger partial charge in [0.2, 0.25) is 0 Å². The topological polar surface area (TPSA) is 76.1 Å². The van der Waals surface area contributed by atoms with E-state index in [1.165, 1.54) is 4.90 Å². The quantitative estimate of drug-likeness (QED) is 0.213. The highest BCUT2D eigenvalue weighted by Crippen LogP contribution is 2.40. The number of hydrogen-bond acceptors (Lipinski definition) is 5. The number of hydrogen-bond donors (Lipinski definition) is 1. The molecule has 3 rings (SSSR count). The maximum absolute atomic E-state index is 13.1. The number of methoxy groups -OCH3 is 1. The van der Waals surface area contributed by atoms with Crippen molar-refractivity contribution in [3.8, 4) is 5.75 Å². The van der Waals surface area contributed by atoms with E-state index in [1.807, 2.05) is 37.3 Å². The van der Waals surface area contributed by atoms with Gasteiger partial charge in [-0.3, -0.25) is 9.59 Å². The molecule has 6 nitrogen and oxygen atoms in total. The number of aliphatic hydroxyl groups excluding tert-OH is 1. The van der Waals surface area contributed by atoms with Crippen molar-refractivity contribution in [2.75, 3.05) is 26.9 Å². The third-order valence-corrected chi connectivity index (χ3v) is 6.04. The fourth-order valence-corrected chi connectivity index (χ4v) is 4.15. The second kappa shape index (κ2) is 11.0. The number of aryl methyl sites for hydroxylation is 1. The summed E-state index contributed by atoms with van der Waals surface area (Å²) in [4.78, 5) is 27.6. The lowest BCUT2D eigenvalue weighted by Crippen LogP contribution is -2.31. The molecule has 1 amide bonds. The summed E-state index contributed by atoms with van der Waals surface area (Å²) in [7, 11) is 1.59. The molecule has 1 atom stereocenters. The van der Waals surface area contributed by atoms with E-state index in [1.54, 1.807) is 19.2 Å². The Bertz CT molecular complexity index is 1050. The third kappa shape index (κ3) is 5.65. The average molecular weight is 516 g/mol. The summed E-state index contributed by atoms with van der Waals surface area (Å²) in [6.45, 7) is 7.38. The number of nitrogens with zero attached hydrogens (tertiary/aromatic N) is 1. The maximum atomic E-state index is 13.1. The fourth-order valence-electron chi connectivity index (χ4n) is 3.88. The van der Waals surface area contributed by atoms with Gasteiger partial charge in [-0.15, -0.1) is 0 Å². The number of halogens is 1. The van der Waals surface area contributed by atoms with Crippen molar-refractivity contribution in [3.63, 3.8) is 0 Å². The Morgan fingerprint density at radius 2 is 1.85 bits per heavy atom. The van der Waals surface area contributed by atoms with E-state index in [0.29, 0.717) is 43.4 Å².